The molecule has 23 heavy (non-hydrogen) atoms. The van der Waals surface area contributed by atoms with Crippen LogP contribution in [0.25, 0.3) is 27.4 Å². The van der Waals surface area contributed by atoms with Gasteiger partial charge in [0, 0.05) is 46.3 Å². The highest BCUT2D eigenvalue weighted by atomic mass is 16.3. The molecular formula is C20H20N2O. The fraction of sp³-hybridized carbons (Fsp3) is 0.200. The Morgan fingerprint density at radius 3 is 2.61 bits per heavy atom. The maximum absolute atomic E-state index is 10.7. The third-order valence-electron chi connectivity index (χ3n) is 4.81. The van der Waals surface area contributed by atoms with Crippen LogP contribution >= 0.6 is 0 Å². The molecule has 0 aliphatic heterocycles. The molecule has 0 atom stereocenters. The molecule has 0 bridgehead atoms. The van der Waals surface area contributed by atoms with Crippen molar-refractivity contribution in [1.29, 1.82) is 0 Å². The predicted molar refractivity (Wildman–Crippen MR) is 95.5 cm³/mol. The van der Waals surface area contributed by atoms with Gasteiger partial charge in [0.15, 0.2) is 0 Å². The van der Waals surface area contributed by atoms with Crippen LogP contribution in [-0.2, 0) is 13.5 Å². The smallest absolute Gasteiger partial charge is 0.203 e. The Morgan fingerprint density at radius 2 is 1.83 bits per heavy atom. The molecule has 0 radical (unpaired) electrons. The molecule has 3 heteroatoms. The van der Waals surface area contributed by atoms with Gasteiger partial charge in [-0.2, -0.15) is 0 Å². The second-order valence-corrected chi connectivity index (χ2v) is 6.19. The van der Waals surface area contributed by atoms with Crippen molar-refractivity contribution in [3.8, 4) is 11.6 Å². The fourth-order valence-corrected chi connectivity index (χ4v) is 3.28. The van der Waals surface area contributed by atoms with E-state index in [0.717, 1.165) is 22.9 Å². The third-order valence-corrected chi connectivity index (χ3v) is 4.81. The standard InChI is InChI=1S/C20H20N2O/c1-4-14-5-6-15-12-22(20(23)18(15)10-14)17-7-8-19-16(11-17)9-13(2)21(19)3/h5-12,23H,4H2,1-3H3. The summed E-state index contributed by atoms with van der Waals surface area (Å²) in [6.07, 6.45) is 2.97. The summed E-state index contributed by atoms with van der Waals surface area (Å²) < 4.78 is 4.05. The molecule has 0 aliphatic rings. The molecule has 0 amide bonds. The van der Waals surface area contributed by atoms with E-state index in [1.807, 2.05) is 10.8 Å². The van der Waals surface area contributed by atoms with E-state index in [2.05, 4.69) is 67.9 Å². The van der Waals surface area contributed by atoms with Crippen LogP contribution in [0, 0.1) is 6.92 Å². The van der Waals surface area contributed by atoms with Gasteiger partial charge in [-0.15, -0.1) is 0 Å². The number of nitrogens with zero attached hydrogens (tertiary/aromatic N) is 2. The number of aryl methyl sites for hydroxylation is 3. The van der Waals surface area contributed by atoms with E-state index >= 15 is 0 Å². The Morgan fingerprint density at radius 1 is 1.00 bits per heavy atom. The lowest BCUT2D eigenvalue weighted by Gasteiger charge is -2.06. The molecule has 0 saturated carbocycles. The summed E-state index contributed by atoms with van der Waals surface area (Å²) in [6, 6.07) is 14.7. The minimum Gasteiger partial charge on any atom is -0.494 e. The van der Waals surface area contributed by atoms with Crippen molar-refractivity contribution in [2.24, 2.45) is 7.05 Å². The normalized spacial score (nSPS) is 11.6. The van der Waals surface area contributed by atoms with Crippen LogP contribution in [0.3, 0.4) is 0 Å². The highest BCUT2D eigenvalue weighted by molar-refractivity contribution is 5.90. The van der Waals surface area contributed by atoms with E-state index in [1.54, 1.807) is 0 Å². The number of fused-ring (bicyclic) bond motifs is 2. The van der Waals surface area contributed by atoms with E-state index < -0.39 is 0 Å². The first-order valence-electron chi connectivity index (χ1n) is 7.98. The summed E-state index contributed by atoms with van der Waals surface area (Å²) in [7, 11) is 2.07. The molecule has 0 unspecified atom stereocenters. The van der Waals surface area contributed by atoms with Gasteiger partial charge in [0.2, 0.25) is 5.88 Å². The zero-order valence-corrected chi connectivity index (χ0v) is 13.7. The van der Waals surface area contributed by atoms with Gasteiger partial charge in [-0.25, -0.2) is 0 Å². The minimum atomic E-state index is 0.308. The minimum absolute atomic E-state index is 0.308. The molecule has 4 aromatic rings. The molecule has 0 aliphatic carbocycles. The van der Waals surface area contributed by atoms with Gasteiger partial charge in [0.1, 0.15) is 0 Å². The van der Waals surface area contributed by atoms with Gasteiger partial charge >= 0.3 is 0 Å². The summed E-state index contributed by atoms with van der Waals surface area (Å²) in [5.41, 5.74) is 4.65. The first kappa shape index (κ1) is 13.9. The monoisotopic (exact) mass is 304 g/mol. The highest BCUT2D eigenvalue weighted by Crippen LogP contribution is 2.32. The Balaban J connectivity index is 1.93. The predicted octanol–water partition coefficient (Wildman–Crippen LogP) is 4.70. The van der Waals surface area contributed by atoms with Crippen molar-refractivity contribution >= 4 is 21.7 Å². The molecule has 1 N–H and O–H groups in total. The quantitative estimate of drug-likeness (QED) is 0.571. The Bertz CT molecular complexity index is 1040. The van der Waals surface area contributed by atoms with Crippen molar-refractivity contribution < 1.29 is 5.11 Å². The lowest BCUT2D eigenvalue weighted by molar-refractivity contribution is 0.448. The van der Waals surface area contributed by atoms with E-state index in [-0.39, 0.29) is 0 Å². The first-order chi connectivity index (χ1) is 11.1. The van der Waals surface area contributed by atoms with Crippen molar-refractivity contribution in [3.05, 3.63) is 59.9 Å². The fourth-order valence-electron chi connectivity index (χ4n) is 3.28. The number of rotatable bonds is 2. The van der Waals surface area contributed by atoms with Crippen molar-refractivity contribution in [3.63, 3.8) is 0 Å². The number of hydrogen-bond donors (Lipinski definition) is 1. The van der Waals surface area contributed by atoms with Crippen LogP contribution in [0.15, 0.2) is 48.7 Å². The van der Waals surface area contributed by atoms with Crippen molar-refractivity contribution in [2.75, 3.05) is 0 Å². The molecule has 4 rings (SSSR count). The topological polar surface area (TPSA) is 30.1 Å². The lowest BCUT2D eigenvalue weighted by atomic mass is 10.1. The summed E-state index contributed by atoms with van der Waals surface area (Å²) >= 11 is 0. The molecule has 0 fully saturated rings. The molecule has 2 aromatic heterocycles. The summed E-state index contributed by atoms with van der Waals surface area (Å²) in [5.74, 6) is 0.308. The van der Waals surface area contributed by atoms with Crippen LogP contribution in [0.4, 0.5) is 0 Å². The number of aromatic hydroxyl groups is 1. The third kappa shape index (κ3) is 2.04. The number of aromatic nitrogens is 2. The van der Waals surface area contributed by atoms with Crippen LogP contribution in [0.2, 0.25) is 0 Å². The number of hydrogen-bond acceptors (Lipinski definition) is 1. The van der Waals surface area contributed by atoms with Gasteiger partial charge in [0.25, 0.3) is 0 Å². The lowest BCUT2D eigenvalue weighted by Crippen LogP contribution is -1.92. The van der Waals surface area contributed by atoms with Gasteiger partial charge < -0.3 is 9.67 Å². The highest BCUT2D eigenvalue weighted by Gasteiger charge is 2.11. The molecule has 3 nitrogen and oxygen atoms in total. The molecule has 0 saturated heterocycles. The summed E-state index contributed by atoms with van der Waals surface area (Å²) in [6.45, 7) is 4.23. The first-order valence-corrected chi connectivity index (χ1v) is 7.98. The summed E-state index contributed by atoms with van der Waals surface area (Å²) in [5, 5.41) is 13.8. The molecule has 0 spiro atoms. The molecule has 116 valence electrons. The maximum atomic E-state index is 10.7. The van der Waals surface area contributed by atoms with Crippen LogP contribution in [-0.4, -0.2) is 14.2 Å². The van der Waals surface area contributed by atoms with Crippen molar-refractivity contribution in [1.82, 2.24) is 9.13 Å². The average molecular weight is 304 g/mol. The van der Waals surface area contributed by atoms with E-state index in [1.165, 1.54) is 22.2 Å². The largest absolute Gasteiger partial charge is 0.494 e. The van der Waals surface area contributed by atoms with Crippen LogP contribution in [0.5, 0.6) is 5.88 Å². The Hall–Kier alpha value is -2.68. The van der Waals surface area contributed by atoms with Gasteiger partial charge in [-0.3, -0.25) is 4.57 Å². The Kier molecular flexibility index (Phi) is 2.98. The van der Waals surface area contributed by atoms with Crippen LogP contribution in [0.1, 0.15) is 18.2 Å². The van der Waals surface area contributed by atoms with E-state index in [4.69, 9.17) is 0 Å². The summed E-state index contributed by atoms with van der Waals surface area (Å²) in [4.78, 5) is 0. The molecule has 2 aromatic carbocycles. The van der Waals surface area contributed by atoms with Gasteiger partial charge in [-0.05, 0) is 49.2 Å². The molecular weight excluding hydrogens is 284 g/mol. The van der Waals surface area contributed by atoms with E-state index in [9.17, 15) is 5.11 Å². The maximum Gasteiger partial charge on any atom is 0.203 e. The zero-order chi connectivity index (χ0) is 16.1. The number of benzene rings is 2. The van der Waals surface area contributed by atoms with Crippen LogP contribution < -0.4 is 0 Å². The second-order valence-electron chi connectivity index (χ2n) is 6.19. The van der Waals surface area contributed by atoms with Gasteiger partial charge in [-0.1, -0.05) is 19.1 Å². The SMILES string of the molecule is CCc1ccc2cn(-c3ccc4c(c3)cc(C)n4C)c(O)c2c1. The Labute approximate surface area is 135 Å². The second kappa shape index (κ2) is 4.92. The van der Waals surface area contributed by atoms with E-state index in [0.29, 0.717) is 5.88 Å². The molecule has 2 heterocycles. The average Bonchev–Trinajstić information content (AvgIpc) is 3.04. The van der Waals surface area contributed by atoms with Crippen molar-refractivity contribution in [2.45, 2.75) is 20.3 Å². The zero-order valence-electron chi connectivity index (χ0n) is 13.7. The van der Waals surface area contributed by atoms with Gasteiger partial charge in [0.05, 0.1) is 0 Å².